The van der Waals surface area contributed by atoms with Crippen LogP contribution in [0.2, 0.25) is 0 Å². The number of piperidine rings is 1. The Morgan fingerprint density at radius 1 is 1.08 bits per heavy atom. The summed E-state index contributed by atoms with van der Waals surface area (Å²) in [7, 11) is -0.281. The molecule has 0 amide bonds. The second-order valence-corrected chi connectivity index (χ2v) is 7.66. The summed E-state index contributed by atoms with van der Waals surface area (Å²) in [4.78, 5) is 2.33. The van der Waals surface area contributed by atoms with Crippen molar-refractivity contribution in [2.24, 2.45) is 0 Å². The zero-order valence-electron chi connectivity index (χ0n) is 15.2. The molecule has 2 rings (SSSR count). The average molecular weight is 372 g/mol. The summed E-state index contributed by atoms with van der Waals surface area (Å²) in [5, 5.41) is 0. The summed E-state index contributed by atoms with van der Waals surface area (Å²) >= 11 is 0. The van der Waals surface area contributed by atoms with Gasteiger partial charge in [0, 0.05) is 19.1 Å². The van der Waals surface area contributed by atoms with Crippen LogP contribution in [0.4, 0.5) is 0 Å². The Kier molecular flexibility index (Phi) is 7.49. The number of methoxy groups -OCH3 is 2. The number of ether oxygens (including phenoxy) is 2. The lowest BCUT2D eigenvalue weighted by Gasteiger charge is -2.35. The van der Waals surface area contributed by atoms with Crippen molar-refractivity contribution in [3.8, 4) is 11.5 Å². The third-order valence-corrected chi connectivity index (χ3v) is 5.64. The van der Waals surface area contributed by atoms with Gasteiger partial charge in [-0.3, -0.25) is 4.90 Å². The van der Waals surface area contributed by atoms with Gasteiger partial charge in [-0.15, -0.1) is 0 Å². The maximum absolute atomic E-state index is 12.0. The average Bonchev–Trinajstić information content (AvgIpc) is 2.62. The Hall–Kier alpha value is -1.35. The molecule has 0 bridgehead atoms. The lowest BCUT2D eigenvalue weighted by Crippen LogP contribution is -2.44. The number of hydrogen-bond acceptors (Lipinski definition) is 5. The molecule has 25 heavy (non-hydrogen) atoms. The highest BCUT2D eigenvalue weighted by molar-refractivity contribution is 7.87. The fourth-order valence-electron chi connectivity index (χ4n) is 3.18. The quantitative estimate of drug-likeness (QED) is 0.690. The van der Waals surface area contributed by atoms with Crippen molar-refractivity contribution in [3.63, 3.8) is 0 Å². The first-order valence-corrected chi connectivity index (χ1v) is 10.2. The normalized spacial score (nSPS) is 17.2. The van der Waals surface area contributed by atoms with E-state index < -0.39 is 10.2 Å². The lowest BCUT2D eigenvalue weighted by molar-refractivity contribution is 0.164. The van der Waals surface area contributed by atoms with E-state index in [1.54, 1.807) is 21.1 Å². The molecule has 1 heterocycles. The molecular formula is C17H29N3O4S. The Balaban J connectivity index is 2.24. The molecule has 2 N–H and O–H groups in total. The van der Waals surface area contributed by atoms with Crippen LogP contribution in [-0.2, 0) is 10.2 Å². The fraction of sp³-hybridized carbons (Fsp3) is 0.647. The lowest BCUT2D eigenvalue weighted by atomic mass is 10.0. The van der Waals surface area contributed by atoms with Gasteiger partial charge >= 0.3 is 0 Å². The topological polar surface area (TPSA) is 79.9 Å². The van der Waals surface area contributed by atoms with Crippen LogP contribution in [0.25, 0.3) is 0 Å². The molecule has 1 saturated heterocycles. The van der Waals surface area contributed by atoms with Gasteiger partial charge in [-0.2, -0.15) is 8.42 Å². The van der Waals surface area contributed by atoms with Crippen molar-refractivity contribution in [3.05, 3.63) is 23.8 Å². The zero-order valence-corrected chi connectivity index (χ0v) is 16.1. The molecule has 0 aromatic heterocycles. The Labute approximate surface area is 150 Å². The van der Waals surface area contributed by atoms with E-state index in [9.17, 15) is 8.42 Å². The molecule has 0 saturated carbocycles. The van der Waals surface area contributed by atoms with Crippen LogP contribution in [0.5, 0.6) is 11.5 Å². The maximum Gasteiger partial charge on any atom is 0.276 e. The molecule has 1 aliphatic heterocycles. The van der Waals surface area contributed by atoms with Crippen molar-refractivity contribution < 1.29 is 17.9 Å². The van der Waals surface area contributed by atoms with E-state index in [1.807, 2.05) is 18.2 Å². The molecule has 1 aliphatic rings. The van der Waals surface area contributed by atoms with Crippen LogP contribution in [0.1, 0.15) is 37.8 Å². The van der Waals surface area contributed by atoms with Gasteiger partial charge in [0.15, 0.2) is 11.5 Å². The monoisotopic (exact) mass is 371 g/mol. The van der Waals surface area contributed by atoms with E-state index in [0.29, 0.717) is 24.6 Å². The van der Waals surface area contributed by atoms with Gasteiger partial charge in [-0.25, -0.2) is 9.44 Å². The van der Waals surface area contributed by atoms with E-state index in [1.165, 1.54) is 6.42 Å². The summed E-state index contributed by atoms with van der Waals surface area (Å²) in [6, 6.07) is 5.72. The van der Waals surface area contributed by atoms with Crippen LogP contribution in [0.3, 0.4) is 0 Å². The first-order valence-electron chi connectivity index (χ1n) is 8.71. The SMILES string of the molecule is CCNS(=O)(=O)NCC(c1ccc(OC)c(OC)c1)N1CCCCC1. The minimum Gasteiger partial charge on any atom is -0.493 e. The second kappa shape index (κ2) is 9.38. The predicted octanol–water partition coefficient (Wildman–Crippen LogP) is 1.67. The second-order valence-electron chi connectivity index (χ2n) is 6.08. The van der Waals surface area contributed by atoms with Gasteiger partial charge in [0.05, 0.1) is 14.2 Å². The molecule has 0 spiro atoms. The number of hydrogen-bond donors (Lipinski definition) is 2. The van der Waals surface area contributed by atoms with Crippen molar-refractivity contribution in [1.29, 1.82) is 0 Å². The number of benzene rings is 1. The summed E-state index contributed by atoms with van der Waals surface area (Å²) in [5.74, 6) is 1.31. The van der Waals surface area contributed by atoms with E-state index in [2.05, 4.69) is 14.3 Å². The van der Waals surface area contributed by atoms with Gasteiger partial charge in [-0.05, 0) is 43.6 Å². The van der Waals surface area contributed by atoms with E-state index >= 15 is 0 Å². The number of nitrogens with one attached hydrogen (secondary N) is 2. The van der Waals surface area contributed by atoms with Gasteiger partial charge in [-0.1, -0.05) is 19.4 Å². The van der Waals surface area contributed by atoms with Crippen molar-refractivity contribution >= 4 is 10.2 Å². The molecule has 1 fully saturated rings. The van der Waals surface area contributed by atoms with Crippen LogP contribution in [0.15, 0.2) is 18.2 Å². The van der Waals surface area contributed by atoms with Crippen molar-refractivity contribution in [1.82, 2.24) is 14.3 Å². The molecule has 0 aliphatic carbocycles. The minimum atomic E-state index is -3.48. The largest absolute Gasteiger partial charge is 0.493 e. The van der Waals surface area contributed by atoms with Crippen LogP contribution in [-0.4, -0.2) is 53.7 Å². The number of likely N-dealkylation sites (tertiary alicyclic amines) is 1. The molecule has 0 radical (unpaired) electrons. The molecular weight excluding hydrogens is 342 g/mol. The van der Waals surface area contributed by atoms with E-state index in [-0.39, 0.29) is 6.04 Å². The molecule has 7 nitrogen and oxygen atoms in total. The summed E-state index contributed by atoms with van der Waals surface area (Å²) in [6.07, 6.45) is 3.48. The minimum absolute atomic E-state index is 0.0477. The van der Waals surface area contributed by atoms with Crippen LogP contribution in [0, 0.1) is 0 Å². The third kappa shape index (κ3) is 5.57. The first-order chi connectivity index (χ1) is 12.0. The molecule has 1 aromatic rings. The Morgan fingerprint density at radius 3 is 2.36 bits per heavy atom. The smallest absolute Gasteiger partial charge is 0.276 e. The number of rotatable bonds is 9. The highest BCUT2D eigenvalue weighted by Crippen LogP contribution is 2.32. The zero-order chi connectivity index (χ0) is 18.3. The summed E-state index contributed by atoms with van der Waals surface area (Å²) in [6.45, 7) is 4.35. The van der Waals surface area contributed by atoms with E-state index in [4.69, 9.17) is 9.47 Å². The van der Waals surface area contributed by atoms with Gasteiger partial charge in [0.25, 0.3) is 10.2 Å². The fourth-order valence-corrected chi connectivity index (χ4v) is 4.04. The number of nitrogens with zero attached hydrogens (tertiary/aromatic N) is 1. The van der Waals surface area contributed by atoms with E-state index in [0.717, 1.165) is 31.5 Å². The first kappa shape index (κ1) is 20.0. The Morgan fingerprint density at radius 2 is 1.76 bits per heavy atom. The Bertz CT molecular complexity index is 645. The highest BCUT2D eigenvalue weighted by atomic mass is 32.2. The van der Waals surface area contributed by atoms with Crippen molar-refractivity contribution in [2.45, 2.75) is 32.2 Å². The molecule has 1 unspecified atom stereocenters. The van der Waals surface area contributed by atoms with Crippen LogP contribution < -0.4 is 18.9 Å². The van der Waals surface area contributed by atoms with Gasteiger partial charge in [0.2, 0.25) is 0 Å². The standard InChI is InChI=1S/C17H29N3O4S/c1-4-18-25(21,22)19-13-15(20-10-6-5-7-11-20)14-8-9-16(23-2)17(12-14)24-3/h8-9,12,15,18-19H,4-7,10-11,13H2,1-3H3. The summed E-state index contributed by atoms with van der Waals surface area (Å²) in [5.41, 5.74) is 1.01. The molecule has 1 atom stereocenters. The van der Waals surface area contributed by atoms with Gasteiger partial charge < -0.3 is 9.47 Å². The highest BCUT2D eigenvalue weighted by Gasteiger charge is 2.25. The van der Waals surface area contributed by atoms with Crippen molar-refractivity contribution in [2.75, 3.05) is 40.4 Å². The maximum atomic E-state index is 12.0. The predicted molar refractivity (Wildman–Crippen MR) is 98.3 cm³/mol. The molecule has 1 aromatic carbocycles. The van der Waals surface area contributed by atoms with Crippen LogP contribution >= 0.6 is 0 Å². The summed E-state index contributed by atoms with van der Waals surface area (Å²) < 4.78 is 39.8. The van der Waals surface area contributed by atoms with Gasteiger partial charge in [0.1, 0.15) is 0 Å². The third-order valence-electron chi connectivity index (χ3n) is 4.42. The molecule has 142 valence electrons. The molecule has 8 heteroatoms.